The molecule has 6 nitrogen and oxygen atoms in total. The fourth-order valence-electron chi connectivity index (χ4n) is 1.45. The van der Waals surface area contributed by atoms with Crippen molar-refractivity contribution >= 4 is 23.3 Å². The summed E-state index contributed by atoms with van der Waals surface area (Å²) >= 11 is 0. The number of aromatic carboxylic acids is 1. The highest BCUT2D eigenvalue weighted by Gasteiger charge is 2.10. The maximum atomic E-state index is 10.7. The van der Waals surface area contributed by atoms with Gasteiger partial charge in [0.2, 0.25) is 5.91 Å². The normalized spacial score (nSPS) is 11.8. The Labute approximate surface area is 98.6 Å². The van der Waals surface area contributed by atoms with Crippen LogP contribution >= 0.6 is 0 Å². The second-order valence-electron chi connectivity index (χ2n) is 3.82. The predicted molar refractivity (Wildman–Crippen MR) is 64.7 cm³/mol. The average molecular weight is 237 g/mol. The predicted octanol–water partition coefficient (Wildman–Crippen LogP) is 0.643. The number of primary amides is 1. The number of hydrogen-bond donors (Lipinski definition) is 4. The molecule has 0 saturated heterocycles. The van der Waals surface area contributed by atoms with E-state index in [4.69, 9.17) is 16.6 Å². The van der Waals surface area contributed by atoms with Crippen LogP contribution < -0.4 is 16.8 Å². The zero-order valence-electron chi connectivity index (χ0n) is 9.43. The lowest BCUT2D eigenvalue weighted by Gasteiger charge is -2.15. The summed E-state index contributed by atoms with van der Waals surface area (Å²) in [5, 5.41) is 11.8. The number of nitrogens with one attached hydrogen (secondary N) is 1. The van der Waals surface area contributed by atoms with Crippen molar-refractivity contribution in [3.63, 3.8) is 0 Å². The third-order valence-corrected chi connectivity index (χ3v) is 2.21. The number of nitrogen functional groups attached to an aromatic ring is 1. The molecule has 0 bridgehead atoms. The Morgan fingerprint density at radius 1 is 1.47 bits per heavy atom. The highest BCUT2D eigenvalue weighted by atomic mass is 16.4. The summed E-state index contributed by atoms with van der Waals surface area (Å²) in [4.78, 5) is 21.4. The van der Waals surface area contributed by atoms with Gasteiger partial charge in [-0.25, -0.2) is 4.79 Å². The van der Waals surface area contributed by atoms with Crippen LogP contribution in [0.1, 0.15) is 23.7 Å². The van der Waals surface area contributed by atoms with Crippen LogP contribution in [-0.4, -0.2) is 23.0 Å². The van der Waals surface area contributed by atoms with Gasteiger partial charge in [-0.2, -0.15) is 0 Å². The monoisotopic (exact) mass is 237 g/mol. The van der Waals surface area contributed by atoms with Crippen molar-refractivity contribution < 1.29 is 14.7 Å². The summed E-state index contributed by atoms with van der Waals surface area (Å²) < 4.78 is 0. The maximum Gasteiger partial charge on any atom is 0.335 e. The van der Waals surface area contributed by atoms with E-state index in [1.54, 1.807) is 13.0 Å². The molecular formula is C11H15N3O3. The van der Waals surface area contributed by atoms with Gasteiger partial charge < -0.3 is 21.9 Å². The fraction of sp³-hybridized carbons (Fsp3) is 0.273. The van der Waals surface area contributed by atoms with E-state index in [1.165, 1.54) is 12.1 Å². The number of amides is 1. The van der Waals surface area contributed by atoms with Gasteiger partial charge in [-0.3, -0.25) is 4.79 Å². The fourth-order valence-corrected chi connectivity index (χ4v) is 1.45. The SMILES string of the molecule is CC(CC(N)=O)Nc1ccc(C(=O)O)cc1N. The van der Waals surface area contributed by atoms with Crippen molar-refractivity contribution in [1.82, 2.24) is 0 Å². The lowest BCUT2D eigenvalue weighted by molar-refractivity contribution is -0.118. The maximum absolute atomic E-state index is 10.7. The van der Waals surface area contributed by atoms with Crippen LogP contribution in [-0.2, 0) is 4.79 Å². The van der Waals surface area contributed by atoms with Crippen molar-refractivity contribution in [2.24, 2.45) is 5.73 Å². The van der Waals surface area contributed by atoms with Gasteiger partial charge in [-0.1, -0.05) is 0 Å². The first-order chi connectivity index (χ1) is 7.90. The van der Waals surface area contributed by atoms with Gasteiger partial charge in [0.15, 0.2) is 0 Å². The Morgan fingerprint density at radius 2 is 2.12 bits per heavy atom. The quantitative estimate of drug-likeness (QED) is 0.560. The van der Waals surface area contributed by atoms with Gasteiger partial charge in [-0.15, -0.1) is 0 Å². The van der Waals surface area contributed by atoms with Crippen LogP contribution in [0.3, 0.4) is 0 Å². The number of rotatable bonds is 5. The molecule has 1 unspecified atom stereocenters. The molecule has 0 saturated carbocycles. The molecule has 92 valence electrons. The number of benzene rings is 1. The van der Waals surface area contributed by atoms with Crippen molar-refractivity contribution in [3.8, 4) is 0 Å². The molecule has 6 N–H and O–H groups in total. The Bertz CT molecular complexity index is 446. The molecule has 17 heavy (non-hydrogen) atoms. The number of hydrogen-bond acceptors (Lipinski definition) is 4. The third kappa shape index (κ3) is 3.67. The first-order valence-corrected chi connectivity index (χ1v) is 5.08. The van der Waals surface area contributed by atoms with Gasteiger partial charge in [0.25, 0.3) is 0 Å². The number of carbonyl (C=O) groups is 2. The molecule has 1 aromatic rings. The molecule has 1 aromatic carbocycles. The molecule has 1 rings (SSSR count). The minimum absolute atomic E-state index is 0.121. The average Bonchev–Trinajstić information content (AvgIpc) is 2.19. The standard InChI is InChI=1S/C11H15N3O3/c1-6(4-10(13)15)14-9-3-2-7(11(16)17)5-8(9)12/h2-3,5-6,14H,4,12H2,1H3,(H2,13,15)(H,16,17). The van der Waals surface area contributed by atoms with Crippen LogP contribution in [0.25, 0.3) is 0 Å². The van der Waals surface area contributed by atoms with Crippen molar-refractivity contribution in [2.75, 3.05) is 11.1 Å². The van der Waals surface area contributed by atoms with Gasteiger partial charge in [0.1, 0.15) is 0 Å². The van der Waals surface area contributed by atoms with E-state index in [-0.39, 0.29) is 18.0 Å². The number of carboxylic acid groups (broad SMARTS) is 1. The largest absolute Gasteiger partial charge is 0.478 e. The highest BCUT2D eigenvalue weighted by molar-refractivity contribution is 5.90. The lowest BCUT2D eigenvalue weighted by Crippen LogP contribution is -2.24. The molecule has 1 amide bonds. The Balaban J connectivity index is 2.79. The summed E-state index contributed by atoms with van der Waals surface area (Å²) in [5.74, 6) is -1.45. The molecule has 0 radical (unpaired) electrons. The van der Waals surface area contributed by atoms with Gasteiger partial charge in [-0.05, 0) is 25.1 Å². The minimum Gasteiger partial charge on any atom is -0.478 e. The van der Waals surface area contributed by atoms with Gasteiger partial charge >= 0.3 is 5.97 Å². The topological polar surface area (TPSA) is 118 Å². The minimum atomic E-state index is -1.03. The summed E-state index contributed by atoms with van der Waals surface area (Å²) in [6, 6.07) is 4.21. The molecule has 0 fully saturated rings. The van der Waals surface area contributed by atoms with Crippen LogP contribution in [0, 0.1) is 0 Å². The van der Waals surface area contributed by atoms with E-state index in [0.29, 0.717) is 11.4 Å². The van der Waals surface area contributed by atoms with Crippen molar-refractivity contribution in [2.45, 2.75) is 19.4 Å². The zero-order chi connectivity index (χ0) is 13.0. The van der Waals surface area contributed by atoms with E-state index < -0.39 is 11.9 Å². The summed E-state index contributed by atoms with van der Waals surface area (Å²) in [6.45, 7) is 1.79. The van der Waals surface area contributed by atoms with Crippen molar-refractivity contribution in [1.29, 1.82) is 0 Å². The molecular weight excluding hydrogens is 222 g/mol. The lowest BCUT2D eigenvalue weighted by atomic mass is 10.1. The first kappa shape index (κ1) is 12.8. The molecule has 0 aliphatic rings. The van der Waals surface area contributed by atoms with E-state index in [2.05, 4.69) is 5.32 Å². The van der Waals surface area contributed by atoms with Crippen molar-refractivity contribution in [3.05, 3.63) is 23.8 Å². The number of carboxylic acids is 1. The van der Waals surface area contributed by atoms with Crippen LogP contribution in [0.15, 0.2) is 18.2 Å². The summed E-state index contributed by atoms with van der Waals surface area (Å²) in [7, 11) is 0. The molecule has 1 atom stereocenters. The number of nitrogens with two attached hydrogens (primary N) is 2. The molecule has 6 heteroatoms. The Hall–Kier alpha value is -2.24. The van der Waals surface area contributed by atoms with E-state index in [0.717, 1.165) is 0 Å². The Morgan fingerprint density at radius 3 is 2.59 bits per heavy atom. The van der Waals surface area contributed by atoms with Gasteiger partial charge in [0, 0.05) is 12.5 Å². The number of carbonyl (C=O) groups excluding carboxylic acids is 1. The second-order valence-corrected chi connectivity index (χ2v) is 3.82. The van der Waals surface area contributed by atoms with Gasteiger partial charge in [0.05, 0.1) is 16.9 Å². The van der Waals surface area contributed by atoms with E-state index in [9.17, 15) is 9.59 Å². The van der Waals surface area contributed by atoms with Crippen LogP contribution in [0.2, 0.25) is 0 Å². The van der Waals surface area contributed by atoms with Crippen LogP contribution in [0.5, 0.6) is 0 Å². The highest BCUT2D eigenvalue weighted by Crippen LogP contribution is 2.21. The Kier molecular flexibility index (Phi) is 3.92. The zero-order valence-corrected chi connectivity index (χ0v) is 9.43. The summed E-state index contributed by atoms with van der Waals surface area (Å²) in [6.07, 6.45) is 0.181. The second kappa shape index (κ2) is 5.20. The smallest absolute Gasteiger partial charge is 0.335 e. The third-order valence-electron chi connectivity index (χ3n) is 2.21. The van der Waals surface area contributed by atoms with E-state index >= 15 is 0 Å². The summed E-state index contributed by atoms with van der Waals surface area (Å²) in [5.41, 5.74) is 11.8. The molecule has 0 spiro atoms. The molecule has 0 heterocycles. The molecule has 0 aliphatic carbocycles. The number of anilines is 2. The van der Waals surface area contributed by atoms with Crippen LogP contribution in [0.4, 0.5) is 11.4 Å². The molecule has 0 aliphatic heterocycles. The molecule has 0 aromatic heterocycles. The van der Waals surface area contributed by atoms with E-state index in [1.807, 2.05) is 0 Å². The first-order valence-electron chi connectivity index (χ1n) is 5.08.